The van der Waals surface area contributed by atoms with E-state index in [0.717, 1.165) is 30.1 Å². The molecule has 1 aliphatic rings. The Morgan fingerprint density at radius 3 is 2.37 bits per heavy atom. The van der Waals surface area contributed by atoms with Crippen LogP contribution in [0.4, 0.5) is 4.39 Å². The van der Waals surface area contributed by atoms with Gasteiger partial charge in [-0.3, -0.25) is 4.79 Å². The Labute approximate surface area is 178 Å². The second kappa shape index (κ2) is 9.61. The standard InChI is InChI=1S/C25H32FNO3/c1-25(2,3)19-9-13-21(14-10-19)30-20-11-7-17(8-12-20)22-6-4-5-18(24(22)26)15-27-16-23(28)29/h4-8,11-12,19,21,27H,9-10,13-16H2,1-3H3,(H,28,29)/t19-,21-. The number of carbonyl (C=O) groups is 1. The van der Waals surface area contributed by atoms with Gasteiger partial charge in [-0.15, -0.1) is 0 Å². The maximum atomic E-state index is 14.9. The molecule has 3 rings (SSSR count). The second-order valence-corrected chi connectivity index (χ2v) is 9.26. The summed E-state index contributed by atoms with van der Waals surface area (Å²) in [6, 6.07) is 12.7. The average Bonchev–Trinajstić information content (AvgIpc) is 2.69. The first kappa shape index (κ1) is 22.3. The molecule has 0 radical (unpaired) electrons. The number of rotatable bonds is 7. The predicted octanol–water partition coefficient (Wildman–Crippen LogP) is 5.65. The van der Waals surface area contributed by atoms with Crippen molar-refractivity contribution in [3.63, 3.8) is 0 Å². The van der Waals surface area contributed by atoms with Gasteiger partial charge < -0.3 is 15.2 Å². The van der Waals surface area contributed by atoms with E-state index in [-0.39, 0.29) is 25.0 Å². The van der Waals surface area contributed by atoms with E-state index >= 15 is 0 Å². The fourth-order valence-electron chi connectivity index (χ4n) is 4.20. The molecule has 5 heteroatoms. The molecule has 162 valence electrons. The Kier molecular flexibility index (Phi) is 7.14. The van der Waals surface area contributed by atoms with Crippen LogP contribution in [0.2, 0.25) is 0 Å². The lowest BCUT2D eigenvalue weighted by atomic mass is 9.72. The van der Waals surface area contributed by atoms with Crippen LogP contribution >= 0.6 is 0 Å². The van der Waals surface area contributed by atoms with Crippen LogP contribution in [0, 0.1) is 17.2 Å². The van der Waals surface area contributed by atoms with Crippen molar-refractivity contribution in [2.45, 2.75) is 59.1 Å². The van der Waals surface area contributed by atoms with Gasteiger partial charge in [-0.1, -0.05) is 51.1 Å². The van der Waals surface area contributed by atoms with Crippen LogP contribution < -0.4 is 10.1 Å². The summed E-state index contributed by atoms with van der Waals surface area (Å²) in [7, 11) is 0. The van der Waals surface area contributed by atoms with Crippen molar-refractivity contribution in [3.05, 3.63) is 53.8 Å². The normalized spacial score (nSPS) is 19.5. The SMILES string of the molecule is CC(C)(C)[C@H]1CC[C@H](Oc2ccc(-c3cccc(CNCC(=O)O)c3F)cc2)CC1. The third kappa shape index (κ3) is 5.82. The van der Waals surface area contributed by atoms with Crippen molar-refractivity contribution in [2.24, 2.45) is 11.3 Å². The number of hydrogen-bond donors (Lipinski definition) is 2. The minimum atomic E-state index is -0.964. The molecule has 1 saturated carbocycles. The first-order chi connectivity index (χ1) is 14.2. The molecule has 30 heavy (non-hydrogen) atoms. The maximum absolute atomic E-state index is 14.9. The number of nitrogens with one attached hydrogen (secondary N) is 1. The minimum absolute atomic E-state index is 0.171. The van der Waals surface area contributed by atoms with Crippen LogP contribution in [0.25, 0.3) is 11.1 Å². The largest absolute Gasteiger partial charge is 0.490 e. The van der Waals surface area contributed by atoms with Gasteiger partial charge in [0.05, 0.1) is 12.6 Å². The van der Waals surface area contributed by atoms with Crippen molar-refractivity contribution in [1.82, 2.24) is 5.32 Å². The van der Waals surface area contributed by atoms with Gasteiger partial charge in [-0.25, -0.2) is 4.39 Å². The van der Waals surface area contributed by atoms with Crippen molar-refractivity contribution in [3.8, 4) is 16.9 Å². The molecule has 0 amide bonds. The Balaban J connectivity index is 1.61. The lowest BCUT2D eigenvalue weighted by Crippen LogP contribution is -2.30. The molecule has 0 heterocycles. The zero-order valence-corrected chi connectivity index (χ0v) is 18.1. The van der Waals surface area contributed by atoms with Crippen LogP contribution in [-0.4, -0.2) is 23.7 Å². The quantitative estimate of drug-likeness (QED) is 0.616. The Hall–Kier alpha value is -2.40. The van der Waals surface area contributed by atoms with Crippen LogP contribution in [0.1, 0.15) is 52.0 Å². The van der Waals surface area contributed by atoms with Gasteiger partial charge in [0.2, 0.25) is 0 Å². The summed E-state index contributed by atoms with van der Waals surface area (Å²) in [4.78, 5) is 10.6. The lowest BCUT2D eigenvalue weighted by molar-refractivity contribution is -0.136. The first-order valence-corrected chi connectivity index (χ1v) is 10.7. The highest BCUT2D eigenvalue weighted by Gasteiger charge is 2.30. The van der Waals surface area contributed by atoms with Gasteiger partial charge in [0.15, 0.2) is 0 Å². The smallest absolute Gasteiger partial charge is 0.317 e. The molecule has 0 aromatic heterocycles. The van der Waals surface area contributed by atoms with Gasteiger partial charge in [-0.05, 0) is 54.7 Å². The zero-order chi connectivity index (χ0) is 21.7. The number of carboxylic acids is 1. The topological polar surface area (TPSA) is 58.6 Å². The molecule has 0 atom stereocenters. The molecule has 2 N–H and O–H groups in total. The van der Waals surface area contributed by atoms with E-state index in [1.807, 2.05) is 24.3 Å². The van der Waals surface area contributed by atoms with Crippen molar-refractivity contribution >= 4 is 5.97 Å². The number of aliphatic carboxylic acids is 1. The van der Waals surface area contributed by atoms with Crippen molar-refractivity contribution in [1.29, 1.82) is 0 Å². The van der Waals surface area contributed by atoms with E-state index in [4.69, 9.17) is 9.84 Å². The number of ether oxygens (including phenoxy) is 1. The molecule has 2 aromatic rings. The summed E-state index contributed by atoms with van der Waals surface area (Å²) in [5.41, 5.74) is 2.08. The summed E-state index contributed by atoms with van der Waals surface area (Å²) in [6.45, 7) is 6.91. The number of halogens is 1. The van der Waals surface area contributed by atoms with E-state index in [1.165, 1.54) is 12.8 Å². The van der Waals surface area contributed by atoms with E-state index in [9.17, 15) is 9.18 Å². The van der Waals surface area contributed by atoms with Gasteiger partial charge in [-0.2, -0.15) is 0 Å². The fraction of sp³-hybridized carbons (Fsp3) is 0.480. The van der Waals surface area contributed by atoms with Crippen LogP contribution in [0.15, 0.2) is 42.5 Å². The molecule has 0 unspecified atom stereocenters. The summed E-state index contributed by atoms with van der Waals surface area (Å²) in [5.74, 6) is 0.274. The monoisotopic (exact) mass is 413 g/mol. The molecule has 4 nitrogen and oxygen atoms in total. The summed E-state index contributed by atoms with van der Waals surface area (Å²) in [5, 5.41) is 11.4. The summed E-state index contributed by atoms with van der Waals surface area (Å²) >= 11 is 0. The number of benzene rings is 2. The number of carboxylic acid groups (broad SMARTS) is 1. The van der Waals surface area contributed by atoms with Gasteiger partial charge in [0.25, 0.3) is 0 Å². The highest BCUT2D eigenvalue weighted by molar-refractivity contribution is 5.69. The van der Waals surface area contributed by atoms with Crippen molar-refractivity contribution < 1.29 is 19.0 Å². The van der Waals surface area contributed by atoms with E-state index < -0.39 is 5.97 Å². The third-order valence-electron chi connectivity index (χ3n) is 6.04. The number of hydrogen-bond acceptors (Lipinski definition) is 3. The maximum Gasteiger partial charge on any atom is 0.317 e. The van der Waals surface area contributed by atoms with E-state index in [0.29, 0.717) is 16.5 Å². The lowest BCUT2D eigenvalue weighted by Gasteiger charge is -2.36. The Morgan fingerprint density at radius 1 is 1.10 bits per heavy atom. The van der Waals surface area contributed by atoms with Crippen LogP contribution in [0.3, 0.4) is 0 Å². The van der Waals surface area contributed by atoms with Gasteiger partial charge in [0, 0.05) is 17.7 Å². The fourth-order valence-corrected chi connectivity index (χ4v) is 4.20. The second-order valence-electron chi connectivity index (χ2n) is 9.26. The summed E-state index contributed by atoms with van der Waals surface area (Å²) < 4.78 is 21.0. The van der Waals surface area contributed by atoms with E-state index in [2.05, 4.69) is 26.1 Å². The Morgan fingerprint density at radius 2 is 1.77 bits per heavy atom. The highest BCUT2D eigenvalue weighted by Crippen LogP contribution is 2.39. The molecular formula is C25H32FNO3. The molecule has 1 aliphatic carbocycles. The molecular weight excluding hydrogens is 381 g/mol. The molecule has 1 fully saturated rings. The average molecular weight is 414 g/mol. The van der Waals surface area contributed by atoms with Gasteiger partial charge in [0.1, 0.15) is 11.6 Å². The molecule has 2 aromatic carbocycles. The van der Waals surface area contributed by atoms with Crippen molar-refractivity contribution in [2.75, 3.05) is 6.54 Å². The van der Waals surface area contributed by atoms with Crippen LogP contribution in [-0.2, 0) is 11.3 Å². The Bertz CT molecular complexity index is 850. The molecule has 0 saturated heterocycles. The third-order valence-corrected chi connectivity index (χ3v) is 6.04. The molecule has 0 bridgehead atoms. The van der Waals surface area contributed by atoms with Gasteiger partial charge >= 0.3 is 5.97 Å². The molecule has 0 spiro atoms. The molecule has 0 aliphatic heterocycles. The van der Waals surface area contributed by atoms with Crippen LogP contribution in [0.5, 0.6) is 5.75 Å². The minimum Gasteiger partial charge on any atom is -0.490 e. The van der Waals surface area contributed by atoms with E-state index in [1.54, 1.807) is 18.2 Å². The predicted molar refractivity (Wildman–Crippen MR) is 117 cm³/mol. The first-order valence-electron chi connectivity index (χ1n) is 10.7. The highest BCUT2D eigenvalue weighted by atomic mass is 19.1. The zero-order valence-electron chi connectivity index (χ0n) is 18.1. The summed E-state index contributed by atoms with van der Waals surface area (Å²) in [6.07, 6.45) is 4.78.